The van der Waals surface area contributed by atoms with Crippen LogP contribution in [-0.4, -0.2) is 38.1 Å². The molecule has 0 bridgehead atoms. The van der Waals surface area contributed by atoms with Crippen LogP contribution in [-0.2, 0) is 0 Å². The molecule has 0 aliphatic carbocycles. The first-order valence-electron chi connectivity index (χ1n) is 4.69. The van der Waals surface area contributed by atoms with Crippen LogP contribution >= 0.6 is 0 Å². The molecule has 0 amide bonds. The van der Waals surface area contributed by atoms with E-state index >= 15 is 0 Å². The average molecular weight is 170 g/mol. The topological polar surface area (TPSA) is 15.3 Å². The Balaban J connectivity index is 3.33. The summed E-state index contributed by atoms with van der Waals surface area (Å²) in [6.45, 7) is 10.7. The molecule has 2 nitrogen and oxygen atoms in total. The van der Waals surface area contributed by atoms with Crippen LogP contribution in [0.1, 0.15) is 20.8 Å². The molecule has 0 aromatic heterocycles. The van der Waals surface area contributed by atoms with Gasteiger partial charge in [0.15, 0.2) is 0 Å². The average Bonchev–Trinajstić information content (AvgIpc) is 2.01. The van der Waals surface area contributed by atoms with Gasteiger partial charge < -0.3 is 10.2 Å². The van der Waals surface area contributed by atoms with Crippen molar-refractivity contribution in [1.82, 2.24) is 10.2 Å². The molecule has 0 aliphatic heterocycles. The van der Waals surface area contributed by atoms with Gasteiger partial charge in [-0.1, -0.05) is 18.6 Å². The molecule has 0 saturated carbocycles. The largest absolute Gasteiger partial charge is 0.316 e. The summed E-state index contributed by atoms with van der Waals surface area (Å²) in [5, 5.41) is 3.30. The van der Waals surface area contributed by atoms with Crippen molar-refractivity contribution in [2.24, 2.45) is 0 Å². The molecule has 72 valence electrons. The number of hydrogen-bond donors (Lipinski definition) is 1. The second-order valence-electron chi connectivity index (χ2n) is 3.40. The van der Waals surface area contributed by atoms with Crippen molar-refractivity contribution in [3.63, 3.8) is 0 Å². The Kier molecular flexibility index (Phi) is 7.11. The highest BCUT2D eigenvalue weighted by molar-refractivity contribution is 4.94. The number of likely N-dealkylation sites (N-methyl/N-ethyl adjacent to an activating group) is 2. The molecule has 0 rings (SSSR count). The Morgan fingerprint density at radius 2 is 2.08 bits per heavy atom. The quantitative estimate of drug-likeness (QED) is 0.480. The van der Waals surface area contributed by atoms with Crippen LogP contribution in [0.3, 0.4) is 0 Å². The van der Waals surface area contributed by atoms with Crippen LogP contribution in [0.2, 0.25) is 0 Å². The number of allylic oxidation sites excluding steroid dienone is 1. The minimum absolute atomic E-state index is 1.06. The van der Waals surface area contributed by atoms with E-state index in [0.29, 0.717) is 0 Å². The second-order valence-corrected chi connectivity index (χ2v) is 3.40. The van der Waals surface area contributed by atoms with E-state index in [9.17, 15) is 0 Å². The van der Waals surface area contributed by atoms with Crippen molar-refractivity contribution in [2.45, 2.75) is 20.8 Å². The molecule has 0 atom stereocenters. The molecule has 12 heavy (non-hydrogen) atoms. The van der Waals surface area contributed by atoms with E-state index in [-0.39, 0.29) is 0 Å². The number of rotatable bonds is 6. The van der Waals surface area contributed by atoms with Gasteiger partial charge in [0.05, 0.1) is 0 Å². The third-order valence-corrected chi connectivity index (χ3v) is 1.73. The van der Waals surface area contributed by atoms with Gasteiger partial charge in [-0.15, -0.1) is 0 Å². The van der Waals surface area contributed by atoms with Crippen LogP contribution in [0.25, 0.3) is 0 Å². The maximum absolute atomic E-state index is 3.30. The summed E-state index contributed by atoms with van der Waals surface area (Å²) in [7, 11) is 2.15. The zero-order valence-corrected chi connectivity index (χ0v) is 8.85. The van der Waals surface area contributed by atoms with E-state index in [1.165, 1.54) is 5.57 Å². The van der Waals surface area contributed by atoms with Crippen molar-refractivity contribution in [3.05, 3.63) is 11.6 Å². The van der Waals surface area contributed by atoms with Gasteiger partial charge in [-0.2, -0.15) is 0 Å². The normalized spacial score (nSPS) is 10.4. The molecule has 0 saturated heterocycles. The molecular formula is C10H22N2. The summed E-state index contributed by atoms with van der Waals surface area (Å²) in [5.74, 6) is 0. The smallest absolute Gasteiger partial charge is 0.0163 e. The van der Waals surface area contributed by atoms with Gasteiger partial charge in [0.1, 0.15) is 0 Å². The second kappa shape index (κ2) is 7.32. The molecule has 0 unspecified atom stereocenters. The highest BCUT2D eigenvalue weighted by Crippen LogP contribution is 1.89. The van der Waals surface area contributed by atoms with Crippen molar-refractivity contribution in [3.8, 4) is 0 Å². The minimum atomic E-state index is 1.06. The van der Waals surface area contributed by atoms with Gasteiger partial charge in [0.2, 0.25) is 0 Å². The fraction of sp³-hybridized carbons (Fsp3) is 0.800. The summed E-state index contributed by atoms with van der Waals surface area (Å²) >= 11 is 0. The van der Waals surface area contributed by atoms with E-state index in [4.69, 9.17) is 0 Å². The zero-order valence-electron chi connectivity index (χ0n) is 8.85. The number of nitrogens with one attached hydrogen (secondary N) is 1. The van der Waals surface area contributed by atoms with Crippen molar-refractivity contribution in [2.75, 3.05) is 33.2 Å². The molecule has 2 heteroatoms. The van der Waals surface area contributed by atoms with E-state index < -0.39 is 0 Å². The van der Waals surface area contributed by atoms with Crippen molar-refractivity contribution in [1.29, 1.82) is 0 Å². The molecule has 0 aromatic carbocycles. The van der Waals surface area contributed by atoms with E-state index in [1.807, 2.05) is 0 Å². The van der Waals surface area contributed by atoms with Gasteiger partial charge in [0, 0.05) is 19.6 Å². The van der Waals surface area contributed by atoms with Gasteiger partial charge in [-0.3, -0.25) is 0 Å². The predicted molar refractivity (Wildman–Crippen MR) is 55.5 cm³/mol. The van der Waals surface area contributed by atoms with E-state index in [0.717, 1.165) is 26.2 Å². The van der Waals surface area contributed by atoms with Crippen LogP contribution < -0.4 is 5.32 Å². The van der Waals surface area contributed by atoms with Crippen LogP contribution in [0.5, 0.6) is 0 Å². The lowest BCUT2D eigenvalue weighted by Crippen LogP contribution is -2.29. The first-order chi connectivity index (χ1) is 5.66. The number of nitrogens with zero attached hydrogens (tertiary/aromatic N) is 1. The summed E-state index contributed by atoms with van der Waals surface area (Å²) in [6.07, 6.45) is 2.26. The zero-order chi connectivity index (χ0) is 9.40. The number of hydrogen-bond acceptors (Lipinski definition) is 2. The van der Waals surface area contributed by atoms with Gasteiger partial charge in [-0.05, 0) is 27.4 Å². The van der Waals surface area contributed by atoms with E-state index in [1.54, 1.807) is 0 Å². The Morgan fingerprint density at radius 1 is 1.42 bits per heavy atom. The van der Waals surface area contributed by atoms with Crippen LogP contribution in [0.15, 0.2) is 11.6 Å². The first-order valence-corrected chi connectivity index (χ1v) is 4.69. The highest BCUT2D eigenvalue weighted by Gasteiger charge is 1.93. The molecule has 0 aliphatic rings. The monoisotopic (exact) mass is 170 g/mol. The third kappa shape index (κ3) is 7.76. The Morgan fingerprint density at radius 3 is 2.58 bits per heavy atom. The SMILES string of the molecule is CCNCCN(C)CC=C(C)C. The fourth-order valence-electron chi connectivity index (χ4n) is 0.876. The molecule has 0 spiro atoms. The molecular weight excluding hydrogens is 148 g/mol. The van der Waals surface area contributed by atoms with Gasteiger partial charge in [0.25, 0.3) is 0 Å². The van der Waals surface area contributed by atoms with Crippen molar-refractivity contribution < 1.29 is 0 Å². The fourth-order valence-corrected chi connectivity index (χ4v) is 0.876. The third-order valence-electron chi connectivity index (χ3n) is 1.73. The Hall–Kier alpha value is -0.340. The highest BCUT2D eigenvalue weighted by atomic mass is 15.1. The summed E-state index contributed by atoms with van der Waals surface area (Å²) in [5.41, 5.74) is 1.39. The maximum Gasteiger partial charge on any atom is 0.0163 e. The van der Waals surface area contributed by atoms with Gasteiger partial charge >= 0.3 is 0 Å². The summed E-state index contributed by atoms with van der Waals surface area (Å²) < 4.78 is 0. The summed E-state index contributed by atoms with van der Waals surface area (Å²) in [4.78, 5) is 2.32. The summed E-state index contributed by atoms with van der Waals surface area (Å²) in [6, 6.07) is 0. The van der Waals surface area contributed by atoms with E-state index in [2.05, 4.69) is 44.1 Å². The minimum Gasteiger partial charge on any atom is -0.316 e. The molecule has 1 N–H and O–H groups in total. The Labute approximate surface area is 76.6 Å². The van der Waals surface area contributed by atoms with Gasteiger partial charge in [-0.25, -0.2) is 0 Å². The first kappa shape index (κ1) is 11.7. The lowest BCUT2D eigenvalue weighted by atomic mass is 10.3. The lowest BCUT2D eigenvalue weighted by Gasteiger charge is -2.14. The Bertz CT molecular complexity index is 126. The molecule has 0 radical (unpaired) electrons. The van der Waals surface area contributed by atoms with Crippen LogP contribution in [0.4, 0.5) is 0 Å². The predicted octanol–water partition coefficient (Wildman–Crippen LogP) is 1.49. The lowest BCUT2D eigenvalue weighted by molar-refractivity contribution is 0.366. The molecule has 0 fully saturated rings. The molecule has 0 heterocycles. The van der Waals surface area contributed by atoms with Crippen LogP contribution in [0, 0.1) is 0 Å². The maximum atomic E-state index is 3.30. The van der Waals surface area contributed by atoms with Crippen molar-refractivity contribution >= 4 is 0 Å². The standard InChI is InChI=1S/C10H22N2/c1-5-11-7-9-12(4)8-6-10(2)3/h6,11H,5,7-9H2,1-4H3. The molecule has 0 aromatic rings.